The number of fused-ring (bicyclic) bond motifs is 2. The van der Waals surface area contributed by atoms with Gasteiger partial charge in [-0.25, -0.2) is 4.98 Å². The van der Waals surface area contributed by atoms with Gasteiger partial charge in [-0.3, -0.25) is 14.0 Å². The summed E-state index contributed by atoms with van der Waals surface area (Å²) in [7, 11) is 0. The molecule has 0 bridgehead atoms. The van der Waals surface area contributed by atoms with Gasteiger partial charge in [-0.1, -0.05) is 0 Å². The maximum atomic E-state index is 12.5. The Morgan fingerprint density at radius 2 is 2.05 bits per heavy atom. The van der Waals surface area contributed by atoms with E-state index in [1.54, 1.807) is 23.5 Å². The number of primary amides is 1. The standard InChI is InChI=1S/C13H11N3O2S/c1-6-10-11(7(2)19-6)15-9-4-3-8(12(14)17)5-16(9)13(10)18/h3-5H,1-2H3,(H2,14,17). The van der Waals surface area contributed by atoms with Gasteiger partial charge >= 0.3 is 0 Å². The number of aromatic nitrogens is 2. The molecule has 3 aromatic heterocycles. The van der Waals surface area contributed by atoms with Gasteiger partial charge in [-0.2, -0.15) is 0 Å². The maximum absolute atomic E-state index is 12.5. The number of nitrogens with two attached hydrogens (primary N) is 1. The Morgan fingerprint density at radius 1 is 1.32 bits per heavy atom. The van der Waals surface area contributed by atoms with Crippen molar-refractivity contribution in [2.75, 3.05) is 0 Å². The average molecular weight is 273 g/mol. The summed E-state index contributed by atoms with van der Waals surface area (Å²) in [6.45, 7) is 3.84. The van der Waals surface area contributed by atoms with Crippen molar-refractivity contribution in [1.82, 2.24) is 9.38 Å². The predicted molar refractivity (Wildman–Crippen MR) is 74.8 cm³/mol. The lowest BCUT2D eigenvalue weighted by Gasteiger charge is -2.03. The first kappa shape index (κ1) is 11.9. The number of pyridine rings is 1. The number of aryl methyl sites for hydroxylation is 2. The second kappa shape index (κ2) is 3.89. The highest BCUT2D eigenvalue weighted by Gasteiger charge is 2.13. The highest BCUT2D eigenvalue weighted by atomic mass is 32.1. The molecule has 1 amide bonds. The van der Waals surface area contributed by atoms with E-state index in [0.29, 0.717) is 16.6 Å². The molecule has 19 heavy (non-hydrogen) atoms. The molecule has 2 N–H and O–H groups in total. The minimum atomic E-state index is -0.563. The molecule has 6 heteroatoms. The molecular weight excluding hydrogens is 262 g/mol. The Morgan fingerprint density at radius 3 is 2.74 bits per heavy atom. The lowest BCUT2D eigenvalue weighted by Crippen LogP contribution is -2.18. The molecule has 0 saturated heterocycles. The first-order valence-electron chi connectivity index (χ1n) is 5.71. The summed E-state index contributed by atoms with van der Waals surface area (Å²) in [5, 5.41) is 0.613. The van der Waals surface area contributed by atoms with Crippen LogP contribution in [0.5, 0.6) is 0 Å². The van der Waals surface area contributed by atoms with Crippen LogP contribution in [-0.4, -0.2) is 15.3 Å². The second-order valence-electron chi connectivity index (χ2n) is 4.37. The van der Waals surface area contributed by atoms with Gasteiger partial charge in [-0.15, -0.1) is 11.3 Å². The molecule has 5 nitrogen and oxygen atoms in total. The fraction of sp³-hybridized carbons (Fsp3) is 0.154. The van der Waals surface area contributed by atoms with E-state index < -0.39 is 5.91 Å². The largest absolute Gasteiger partial charge is 0.366 e. The van der Waals surface area contributed by atoms with E-state index in [1.807, 2.05) is 13.8 Å². The molecule has 3 heterocycles. The summed E-state index contributed by atoms with van der Waals surface area (Å²) in [6, 6.07) is 3.21. The molecular formula is C13H11N3O2S. The van der Waals surface area contributed by atoms with E-state index >= 15 is 0 Å². The van der Waals surface area contributed by atoms with Crippen molar-refractivity contribution in [3.05, 3.63) is 44.0 Å². The highest BCUT2D eigenvalue weighted by molar-refractivity contribution is 7.13. The normalized spacial score (nSPS) is 11.3. The zero-order chi connectivity index (χ0) is 13.7. The van der Waals surface area contributed by atoms with Crippen LogP contribution in [0.3, 0.4) is 0 Å². The molecule has 0 radical (unpaired) electrons. The van der Waals surface area contributed by atoms with Crippen molar-refractivity contribution in [1.29, 1.82) is 0 Å². The molecule has 0 aliphatic heterocycles. The topological polar surface area (TPSA) is 77.5 Å². The van der Waals surface area contributed by atoms with Gasteiger partial charge in [0.15, 0.2) is 0 Å². The molecule has 0 spiro atoms. The lowest BCUT2D eigenvalue weighted by atomic mass is 10.2. The highest BCUT2D eigenvalue weighted by Crippen LogP contribution is 2.26. The molecule has 0 unspecified atom stereocenters. The molecule has 0 aliphatic rings. The number of hydrogen-bond acceptors (Lipinski definition) is 4. The van der Waals surface area contributed by atoms with Crippen LogP contribution in [0.15, 0.2) is 23.1 Å². The minimum Gasteiger partial charge on any atom is -0.366 e. The molecule has 0 aliphatic carbocycles. The number of carbonyl (C=O) groups is 1. The first-order chi connectivity index (χ1) is 8.99. The number of thiophene rings is 1. The molecule has 3 rings (SSSR count). The lowest BCUT2D eigenvalue weighted by molar-refractivity contribution is 0.1000. The third-order valence-corrected chi connectivity index (χ3v) is 4.11. The van der Waals surface area contributed by atoms with Crippen LogP contribution in [0.25, 0.3) is 16.6 Å². The van der Waals surface area contributed by atoms with Gasteiger partial charge in [0.1, 0.15) is 5.65 Å². The smallest absolute Gasteiger partial charge is 0.266 e. The number of amides is 1. The Kier molecular flexibility index (Phi) is 2.43. The Balaban J connectivity index is 2.53. The minimum absolute atomic E-state index is 0.162. The number of rotatable bonds is 1. The summed E-state index contributed by atoms with van der Waals surface area (Å²) in [5.74, 6) is -0.563. The average Bonchev–Trinajstić information content (AvgIpc) is 2.64. The van der Waals surface area contributed by atoms with Crippen molar-refractivity contribution in [3.8, 4) is 0 Å². The van der Waals surface area contributed by atoms with Crippen molar-refractivity contribution < 1.29 is 4.79 Å². The van der Waals surface area contributed by atoms with Gasteiger partial charge in [0.25, 0.3) is 5.56 Å². The molecule has 0 atom stereocenters. The first-order valence-corrected chi connectivity index (χ1v) is 6.52. The summed E-state index contributed by atoms with van der Waals surface area (Å²) >= 11 is 1.55. The van der Waals surface area contributed by atoms with Crippen LogP contribution in [0.4, 0.5) is 0 Å². The third-order valence-electron chi connectivity index (χ3n) is 3.10. The fourth-order valence-corrected chi connectivity index (χ4v) is 3.18. The monoisotopic (exact) mass is 273 g/mol. The van der Waals surface area contributed by atoms with Crippen molar-refractivity contribution in [2.45, 2.75) is 13.8 Å². The Labute approximate surface area is 112 Å². The SMILES string of the molecule is Cc1sc(C)c2c(=O)n3cc(C(N)=O)ccc3nc12. The molecule has 3 aromatic rings. The molecule has 96 valence electrons. The van der Waals surface area contributed by atoms with E-state index in [0.717, 1.165) is 15.3 Å². The van der Waals surface area contributed by atoms with Crippen molar-refractivity contribution in [3.63, 3.8) is 0 Å². The Bertz CT molecular complexity index is 892. The van der Waals surface area contributed by atoms with Gasteiger partial charge in [0, 0.05) is 16.0 Å². The van der Waals surface area contributed by atoms with E-state index in [-0.39, 0.29) is 5.56 Å². The number of hydrogen-bond donors (Lipinski definition) is 1. The van der Waals surface area contributed by atoms with Crippen LogP contribution in [0.1, 0.15) is 20.1 Å². The summed E-state index contributed by atoms with van der Waals surface area (Å²) in [5.41, 5.74) is 6.61. The van der Waals surface area contributed by atoms with Gasteiger partial charge in [0.05, 0.1) is 16.5 Å². The van der Waals surface area contributed by atoms with E-state index in [4.69, 9.17) is 5.73 Å². The summed E-state index contributed by atoms with van der Waals surface area (Å²) in [4.78, 5) is 30.1. The van der Waals surface area contributed by atoms with Gasteiger partial charge in [-0.05, 0) is 26.0 Å². The Hall–Kier alpha value is -2.21. The molecule has 0 saturated carbocycles. The number of nitrogens with zero attached hydrogens (tertiary/aromatic N) is 2. The molecule has 0 fully saturated rings. The van der Waals surface area contributed by atoms with E-state index in [9.17, 15) is 9.59 Å². The van der Waals surface area contributed by atoms with Crippen LogP contribution in [0, 0.1) is 13.8 Å². The van der Waals surface area contributed by atoms with Crippen LogP contribution in [-0.2, 0) is 0 Å². The van der Waals surface area contributed by atoms with E-state index in [1.165, 1.54) is 10.6 Å². The quantitative estimate of drug-likeness (QED) is 0.732. The zero-order valence-corrected chi connectivity index (χ0v) is 11.2. The third kappa shape index (κ3) is 1.64. The van der Waals surface area contributed by atoms with E-state index in [2.05, 4.69) is 4.98 Å². The zero-order valence-electron chi connectivity index (χ0n) is 10.4. The fourth-order valence-electron chi connectivity index (χ4n) is 2.19. The van der Waals surface area contributed by atoms with Crippen LogP contribution < -0.4 is 11.3 Å². The van der Waals surface area contributed by atoms with Crippen molar-refractivity contribution in [2.24, 2.45) is 5.73 Å². The van der Waals surface area contributed by atoms with Crippen LogP contribution >= 0.6 is 11.3 Å². The van der Waals surface area contributed by atoms with Gasteiger partial charge in [0.2, 0.25) is 5.91 Å². The second-order valence-corrected chi connectivity index (χ2v) is 5.79. The predicted octanol–water partition coefficient (Wildman–Crippen LogP) is 1.62. The number of carbonyl (C=O) groups excluding carboxylic acids is 1. The summed E-state index contributed by atoms with van der Waals surface area (Å²) < 4.78 is 1.38. The van der Waals surface area contributed by atoms with Crippen LogP contribution in [0.2, 0.25) is 0 Å². The van der Waals surface area contributed by atoms with Crippen molar-refractivity contribution >= 4 is 33.8 Å². The molecule has 0 aromatic carbocycles. The maximum Gasteiger partial charge on any atom is 0.266 e. The van der Waals surface area contributed by atoms with Gasteiger partial charge < -0.3 is 5.73 Å². The summed E-state index contributed by atoms with van der Waals surface area (Å²) in [6.07, 6.45) is 1.44.